The van der Waals surface area contributed by atoms with Crippen molar-refractivity contribution in [1.82, 2.24) is 10.0 Å². The fourth-order valence-corrected chi connectivity index (χ4v) is 2.36. The normalized spacial score (nSPS) is 23.9. The second kappa shape index (κ2) is 4.62. The molecule has 2 fully saturated rings. The Kier molecular flexibility index (Phi) is 3.35. The zero-order valence-corrected chi connectivity index (χ0v) is 10.3. The number of hydrogen-bond donors (Lipinski definition) is 0. The molecule has 6 nitrogen and oxygen atoms in total. The van der Waals surface area contributed by atoms with Crippen molar-refractivity contribution in [2.75, 3.05) is 26.3 Å². The van der Waals surface area contributed by atoms with Crippen LogP contribution in [0, 0.1) is 0 Å². The Bertz CT molecular complexity index is 299. The van der Waals surface area contributed by atoms with Gasteiger partial charge >= 0.3 is 0 Å². The lowest BCUT2D eigenvalue weighted by atomic mass is 10.1. The van der Waals surface area contributed by atoms with Crippen LogP contribution < -0.4 is 0 Å². The Morgan fingerprint density at radius 3 is 1.71 bits per heavy atom. The highest BCUT2D eigenvalue weighted by Gasteiger charge is 2.41. The zero-order chi connectivity index (χ0) is 12.5. The van der Waals surface area contributed by atoms with Gasteiger partial charge in [-0.05, 0) is 0 Å². The zero-order valence-electron chi connectivity index (χ0n) is 10.3. The third-order valence-corrected chi connectivity index (χ3v) is 3.24. The maximum atomic E-state index is 11.5. The molecule has 0 unspecified atom stereocenters. The van der Waals surface area contributed by atoms with E-state index in [-0.39, 0.29) is 11.8 Å². The minimum atomic E-state index is -0.599. The average molecular weight is 242 g/mol. The quantitative estimate of drug-likeness (QED) is 0.606. The van der Waals surface area contributed by atoms with Gasteiger partial charge in [0, 0.05) is 39.8 Å². The van der Waals surface area contributed by atoms with Gasteiger partial charge in [-0.3, -0.25) is 19.6 Å². The van der Waals surface area contributed by atoms with E-state index in [0.29, 0.717) is 39.1 Å². The standard InChI is InChI=1S/C11H18N2O4/c1-9(14)12-5-3-11(16-7-8-17-11)4-6-13(12)10(2)15/h3-8H2,1-2H3. The van der Waals surface area contributed by atoms with E-state index in [9.17, 15) is 9.59 Å². The molecule has 0 aromatic rings. The van der Waals surface area contributed by atoms with Gasteiger partial charge in [-0.1, -0.05) is 0 Å². The van der Waals surface area contributed by atoms with Gasteiger partial charge in [-0.15, -0.1) is 0 Å². The Labute approximate surface area is 100 Å². The predicted octanol–water partition coefficient (Wildman–Crippen LogP) is 0.135. The lowest BCUT2D eigenvalue weighted by molar-refractivity contribution is -0.162. The summed E-state index contributed by atoms with van der Waals surface area (Å²) in [5.74, 6) is -0.858. The third-order valence-electron chi connectivity index (χ3n) is 3.24. The number of carbonyl (C=O) groups excluding carboxylic acids is 2. The molecule has 96 valence electrons. The van der Waals surface area contributed by atoms with Crippen molar-refractivity contribution < 1.29 is 19.1 Å². The van der Waals surface area contributed by atoms with E-state index >= 15 is 0 Å². The summed E-state index contributed by atoms with van der Waals surface area (Å²) in [6.45, 7) is 5.00. The van der Waals surface area contributed by atoms with Crippen molar-refractivity contribution in [1.29, 1.82) is 0 Å². The van der Waals surface area contributed by atoms with Crippen molar-refractivity contribution in [3.05, 3.63) is 0 Å². The monoisotopic (exact) mass is 242 g/mol. The van der Waals surface area contributed by atoms with Crippen LogP contribution in [-0.4, -0.2) is 53.9 Å². The van der Waals surface area contributed by atoms with Gasteiger partial charge in [-0.2, -0.15) is 0 Å². The van der Waals surface area contributed by atoms with E-state index in [2.05, 4.69) is 0 Å². The van der Waals surface area contributed by atoms with Crippen LogP contribution in [0.15, 0.2) is 0 Å². The molecule has 0 atom stereocenters. The van der Waals surface area contributed by atoms with E-state index in [4.69, 9.17) is 9.47 Å². The Morgan fingerprint density at radius 2 is 1.35 bits per heavy atom. The van der Waals surface area contributed by atoms with Crippen molar-refractivity contribution in [3.63, 3.8) is 0 Å². The van der Waals surface area contributed by atoms with E-state index < -0.39 is 5.79 Å². The smallest absolute Gasteiger partial charge is 0.238 e. The molecule has 0 aliphatic carbocycles. The largest absolute Gasteiger partial charge is 0.347 e. The molecule has 2 aliphatic heterocycles. The van der Waals surface area contributed by atoms with Gasteiger partial charge in [0.05, 0.1) is 13.2 Å². The molecule has 0 bridgehead atoms. The van der Waals surface area contributed by atoms with Crippen LogP contribution >= 0.6 is 0 Å². The van der Waals surface area contributed by atoms with Gasteiger partial charge < -0.3 is 9.47 Å². The summed E-state index contributed by atoms with van der Waals surface area (Å²) in [5, 5.41) is 2.95. The summed E-state index contributed by atoms with van der Waals surface area (Å²) in [6.07, 6.45) is 1.22. The molecule has 2 aliphatic rings. The first kappa shape index (κ1) is 12.3. The summed E-state index contributed by atoms with van der Waals surface area (Å²) in [6, 6.07) is 0. The molecule has 0 aromatic heterocycles. The van der Waals surface area contributed by atoms with E-state index in [1.807, 2.05) is 0 Å². The number of hydrogen-bond acceptors (Lipinski definition) is 4. The molecule has 0 N–H and O–H groups in total. The number of carbonyl (C=O) groups is 2. The fourth-order valence-electron chi connectivity index (χ4n) is 2.36. The SMILES string of the molecule is CC(=O)N1CCC2(CCN1C(C)=O)OCCO2. The number of hydrazine groups is 1. The van der Waals surface area contributed by atoms with Crippen LogP contribution in [0.1, 0.15) is 26.7 Å². The molecular formula is C11H18N2O4. The minimum Gasteiger partial charge on any atom is -0.347 e. The summed E-state index contributed by atoms with van der Waals surface area (Å²) in [7, 11) is 0. The molecule has 0 saturated carbocycles. The summed E-state index contributed by atoms with van der Waals surface area (Å²) in [5.41, 5.74) is 0. The van der Waals surface area contributed by atoms with E-state index in [1.54, 1.807) is 0 Å². The Morgan fingerprint density at radius 1 is 0.941 bits per heavy atom. The first-order valence-electron chi connectivity index (χ1n) is 5.88. The average Bonchev–Trinajstić information content (AvgIpc) is 2.60. The van der Waals surface area contributed by atoms with Crippen LogP contribution in [0.5, 0.6) is 0 Å². The predicted molar refractivity (Wildman–Crippen MR) is 58.6 cm³/mol. The van der Waals surface area contributed by atoms with Crippen LogP contribution in [0.2, 0.25) is 0 Å². The number of amides is 2. The topological polar surface area (TPSA) is 59.1 Å². The van der Waals surface area contributed by atoms with E-state index in [1.165, 1.54) is 23.9 Å². The second-order valence-corrected chi connectivity index (χ2v) is 4.39. The van der Waals surface area contributed by atoms with Crippen molar-refractivity contribution in [2.24, 2.45) is 0 Å². The first-order chi connectivity index (χ1) is 8.04. The number of rotatable bonds is 0. The first-order valence-corrected chi connectivity index (χ1v) is 5.88. The van der Waals surface area contributed by atoms with Crippen molar-refractivity contribution >= 4 is 11.8 Å². The highest BCUT2D eigenvalue weighted by atomic mass is 16.7. The van der Waals surface area contributed by atoms with Gasteiger partial charge in [0.25, 0.3) is 0 Å². The third kappa shape index (κ3) is 2.42. The lowest BCUT2D eigenvalue weighted by Gasteiger charge is -2.31. The summed E-state index contributed by atoms with van der Waals surface area (Å²) < 4.78 is 11.2. The second-order valence-electron chi connectivity index (χ2n) is 4.39. The van der Waals surface area contributed by atoms with Crippen LogP contribution in [0.25, 0.3) is 0 Å². The molecular weight excluding hydrogens is 224 g/mol. The van der Waals surface area contributed by atoms with Crippen molar-refractivity contribution in [2.45, 2.75) is 32.5 Å². The Balaban J connectivity index is 2.13. The molecule has 2 rings (SSSR count). The van der Waals surface area contributed by atoms with Crippen LogP contribution in [-0.2, 0) is 19.1 Å². The maximum Gasteiger partial charge on any atom is 0.238 e. The highest BCUT2D eigenvalue weighted by Crippen LogP contribution is 2.30. The van der Waals surface area contributed by atoms with Crippen LogP contribution in [0.4, 0.5) is 0 Å². The van der Waals surface area contributed by atoms with Gasteiger partial charge in [0.2, 0.25) is 11.8 Å². The molecule has 6 heteroatoms. The van der Waals surface area contributed by atoms with E-state index in [0.717, 1.165) is 0 Å². The summed E-state index contributed by atoms with van der Waals surface area (Å²) in [4.78, 5) is 23.0. The Hall–Kier alpha value is -1.14. The van der Waals surface area contributed by atoms with Crippen LogP contribution in [0.3, 0.4) is 0 Å². The molecule has 2 heterocycles. The molecule has 1 spiro atoms. The molecule has 0 aromatic carbocycles. The maximum absolute atomic E-state index is 11.5. The highest BCUT2D eigenvalue weighted by molar-refractivity contribution is 5.79. The summed E-state index contributed by atoms with van der Waals surface area (Å²) >= 11 is 0. The van der Waals surface area contributed by atoms with Gasteiger partial charge in [-0.25, -0.2) is 0 Å². The molecule has 2 amide bonds. The number of nitrogens with zero attached hydrogens (tertiary/aromatic N) is 2. The molecule has 0 radical (unpaired) electrons. The van der Waals surface area contributed by atoms with Crippen molar-refractivity contribution in [3.8, 4) is 0 Å². The van der Waals surface area contributed by atoms with Gasteiger partial charge in [0.15, 0.2) is 5.79 Å². The van der Waals surface area contributed by atoms with Gasteiger partial charge in [0.1, 0.15) is 0 Å². The molecule has 2 saturated heterocycles. The fraction of sp³-hybridized carbons (Fsp3) is 0.818. The minimum absolute atomic E-state index is 0.129. The molecule has 17 heavy (non-hydrogen) atoms. The lowest BCUT2D eigenvalue weighted by Crippen LogP contribution is -2.47. The number of ether oxygens (including phenoxy) is 2.